The normalized spacial score (nSPS) is 11.6. The van der Waals surface area contributed by atoms with Gasteiger partial charge in [0.05, 0.1) is 4.90 Å². The zero-order valence-corrected chi connectivity index (χ0v) is 20.5. The number of sulfonamides is 1. The second-order valence-corrected chi connectivity index (χ2v) is 9.74. The number of rotatable bonds is 7. The van der Waals surface area contributed by atoms with Crippen LogP contribution in [0.1, 0.15) is 5.76 Å². The number of anilines is 2. The van der Waals surface area contributed by atoms with Crippen molar-refractivity contribution in [2.24, 2.45) is 0 Å². The monoisotopic (exact) mass is 521 g/mol. The number of nitrogens with one attached hydrogen (secondary N) is 2. The highest BCUT2D eigenvalue weighted by atomic mass is 32.2. The van der Waals surface area contributed by atoms with E-state index in [4.69, 9.17) is 4.42 Å². The summed E-state index contributed by atoms with van der Waals surface area (Å²) in [6.07, 6.45) is 4.22. The molecule has 0 spiro atoms. The maximum Gasteiger partial charge on any atom is 0.266 e. The van der Waals surface area contributed by atoms with Crippen LogP contribution >= 0.6 is 0 Å². The molecule has 2 heterocycles. The molecule has 3 aromatic carbocycles. The second-order valence-electron chi connectivity index (χ2n) is 8.05. The molecule has 0 unspecified atom stereocenters. The number of furan rings is 1. The Morgan fingerprint density at radius 1 is 0.895 bits per heavy atom. The van der Waals surface area contributed by atoms with Crippen LogP contribution in [-0.4, -0.2) is 24.3 Å². The summed E-state index contributed by atoms with van der Waals surface area (Å²) in [4.78, 5) is 20.6. The number of fused-ring (bicyclic) bond motifs is 1. The third-order valence-electron chi connectivity index (χ3n) is 5.56. The molecule has 5 aromatic rings. The van der Waals surface area contributed by atoms with Gasteiger partial charge in [-0.1, -0.05) is 36.4 Å². The summed E-state index contributed by atoms with van der Waals surface area (Å²) >= 11 is 0. The summed E-state index contributed by atoms with van der Waals surface area (Å²) in [5.41, 5.74) is 1.07. The van der Waals surface area contributed by atoms with Crippen LogP contribution in [0.25, 0.3) is 28.2 Å². The SMILES string of the molecule is N#CC(=Cc1ccc(-c2ccc(S(=O)(=O)Nc3ncccn3)cc2)o1)C(=O)Nc1cccc2ccccc12. The standard InChI is InChI=1S/C28H19N5O4S/c29-18-21(27(34)32-25-8-3-6-19-5-1-2-7-24(19)25)17-22-11-14-26(37-22)20-9-12-23(13-10-20)38(35,36)33-28-30-15-4-16-31-28/h1-17H,(H,32,34)(H,30,31,33). The van der Waals surface area contributed by atoms with Crippen molar-refractivity contribution >= 4 is 44.4 Å². The average molecular weight is 522 g/mol. The number of carbonyl (C=O) groups is 1. The number of carbonyl (C=O) groups excluding carboxylic acids is 1. The Labute approximate surface area is 218 Å². The number of hydrogen-bond acceptors (Lipinski definition) is 7. The highest BCUT2D eigenvalue weighted by molar-refractivity contribution is 7.92. The Balaban J connectivity index is 1.32. The maximum atomic E-state index is 12.8. The van der Waals surface area contributed by atoms with E-state index in [-0.39, 0.29) is 16.4 Å². The molecule has 186 valence electrons. The Bertz CT molecular complexity index is 1800. The maximum absolute atomic E-state index is 12.8. The van der Waals surface area contributed by atoms with Gasteiger partial charge in [-0.15, -0.1) is 0 Å². The third-order valence-corrected chi connectivity index (χ3v) is 6.90. The van der Waals surface area contributed by atoms with Crippen LogP contribution in [0.4, 0.5) is 11.6 Å². The smallest absolute Gasteiger partial charge is 0.266 e. The molecule has 9 nitrogen and oxygen atoms in total. The molecule has 0 aliphatic carbocycles. The summed E-state index contributed by atoms with van der Waals surface area (Å²) in [6, 6.07) is 26.0. The molecular formula is C28H19N5O4S. The van der Waals surface area contributed by atoms with E-state index in [0.29, 0.717) is 22.8 Å². The topological polar surface area (TPSA) is 138 Å². The van der Waals surface area contributed by atoms with Crippen molar-refractivity contribution in [3.8, 4) is 17.4 Å². The second kappa shape index (κ2) is 10.4. The van der Waals surface area contributed by atoms with Crippen molar-refractivity contribution in [2.45, 2.75) is 4.90 Å². The lowest BCUT2D eigenvalue weighted by Crippen LogP contribution is -2.14. The van der Waals surface area contributed by atoms with Crippen molar-refractivity contribution in [2.75, 3.05) is 10.0 Å². The molecule has 0 fully saturated rings. The first-order valence-corrected chi connectivity index (χ1v) is 12.8. The molecule has 10 heteroatoms. The van der Waals surface area contributed by atoms with E-state index in [1.165, 1.54) is 30.6 Å². The first-order valence-electron chi connectivity index (χ1n) is 11.3. The number of nitrogens with zero attached hydrogens (tertiary/aromatic N) is 3. The van der Waals surface area contributed by atoms with E-state index >= 15 is 0 Å². The zero-order valence-electron chi connectivity index (χ0n) is 19.7. The molecule has 0 aliphatic heterocycles. The van der Waals surface area contributed by atoms with Crippen molar-refractivity contribution in [1.82, 2.24) is 9.97 Å². The van der Waals surface area contributed by atoms with Gasteiger partial charge in [0.25, 0.3) is 15.9 Å². The number of nitriles is 1. The van der Waals surface area contributed by atoms with Crippen LogP contribution in [0.2, 0.25) is 0 Å². The molecule has 0 saturated heterocycles. The van der Waals surface area contributed by atoms with E-state index < -0.39 is 15.9 Å². The first kappa shape index (κ1) is 24.4. The molecule has 1 amide bonds. The quantitative estimate of drug-likeness (QED) is 0.221. The summed E-state index contributed by atoms with van der Waals surface area (Å²) in [6.45, 7) is 0. The Hall–Kier alpha value is -5.27. The lowest BCUT2D eigenvalue weighted by molar-refractivity contribution is -0.112. The molecule has 2 aromatic heterocycles. The summed E-state index contributed by atoms with van der Waals surface area (Å²) in [5.74, 6) is 0.138. The fourth-order valence-corrected chi connectivity index (χ4v) is 4.69. The molecule has 0 radical (unpaired) electrons. The Kier molecular flexibility index (Phi) is 6.67. The minimum atomic E-state index is -3.87. The first-order chi connectivity index (χ1) is 18.4. The summed E-state index contributed by atoms with van der Waals surface area (Å²) in [7, 11) is -3.87. The molecule has 38 heavy (non-hydrogen) atoms. The van der Waals surface area contributed by atoms with E-state index in [9.17, 15) is 18.5 Å². The van der Waals surface area contributed by atoms with Crippen LogP contribution in [0.5, 0.6) is 0 Å². The molecule has 0 bridgehead atoms. The van der Waals surface area contributed by atoms with Crippen LogP contribution in [0.15, 0.2) is 112 Å². The van der Waals surface area contributed by atoms with Crippen LogP contribution in [-0.2, 0) is 14.8 Å². The predicted octanol–water partition coefficient (Wildman–Crippen LogP) is 5.24. The zero-order chi connectivity index (χ0) is 26.5. The molecule has 5 rings (SSSR count). The Morgan fingerprint density at radius 3 is 2.39 bits per heavy atom. The van der Waals surface area contributed by atoms with Gasteiger partial charge in [0, 0.05) is 35.1 Å². The van der Waals surface area contributed by atoms with Crippen LogP contribution in [0, 0.1) is 11.3 Å². The minimum absolute atomic E-state index is 0.0252. The van der Waals surface area contributed by atoms with E-state index in [2.05, 4.69) is 20.0 Å². The van der Waals surface area contributed by atoms with Crippen molar-refractivity contribution in [3.63, 3.8) is 0 Å². The molecule has 0 atom stereocenters. The minimum Gasteiger partial charge on any atom is -0.457 e. The third kappa shape index (κ3) is 5.28. The van der Waals surface area contributed by atoms with Gasteiger partial charge in [-0.3, -0.25) is 4.79 Å². The lowest BCUT2D eigenvalue weighted by Gasteiger charge is -2.08. The highest BCUT2D eigenvalue weighted by Gasteiger charge is 2.17. The van der Waals surface area contributed by atoms with E-state index in [1.807, 2.05) is 42.5 Å². The van der Waals surface area contributed by atoms with Crippen molar-refractivity contribution < 1.29 is 17.6 Å². The lowest BCUT2D eigenvalue weighted by atomic mass is 10.1. The molecule has 0 saturated carbocycles. The van der Waals surface area contributed by atoms with Gasteiger partial charge in [0.2, 0.25) is 5.95 Å². The highest BCUT2D eigenvalue weighted by Crippen LogP contribution is 2.26. The van der Waals surface area contributed by atoms with Gasteiger partial charge in [0.15, 0.2) is 0 Å². The van der Waals surface area contributed by atoms with Gasteiger partial charge in [0.1, 0.15) is 23.2 Å². The number of aromatic nitrogens is 2. The number of benzene rings is 3. The number of amides is 1. The van der Waals surface area contributed by atoms with Gasteiger partial charge in [-0.2, -0.15) is 5.26 Å². The van der Waals surface area contributed by atoms with Crippen LogP contribution in [0.3, 0.4) is 0 Å². The van der Waals surface area contributed by atoms with E-state index in [0.717, 1.165) is 10.8 Å². The average Bonchev–Trinajstić information content (AvgIpc) is 3.41. The largest absolute Gasteiger partial charge is 0.457 e. The van der Waals surface area contributed by atoms with Gasteiger partial charge in [-0.25, -0.2) is 23.1 Å². The molecular weight excluding hydrogens is 502 g/mol. The molecule has 0 aliphatic rings. The fraction of sp³-hybridized carbons (Fsp3) is 0. The van der Waals surface area contributed by atoms with E-state index in [1.54, 1.807) is 36.4 Å². The summed E-state index contributed by atoms with van der Waals surface area (Å²) in [5, 5.41) is 14.2. The van der Waals surface area contributed by atoms with Crippen LogP contribution < -0.4 is 10.0 Å². The fourth-order valence-electron chi connectivity index (χ4n) is 3.73. The molecule has 2 N–H and O–H groups in total. The summed E-state index contributed by atoms with van der Waals surface area (Å²) < 4.78 is 33.3. The van der Waals surface area contributed by atoms with Gasteiger partial charge in [-0.05, 0) is 53.9 Å². The van der Waals surface area contributed by atoms with Gasteiger partial charge >= 0.3 is 0 Å². The van der Waals surface area contributed by atoms with Gasteiger partial charge < -0.3 is 9.73 Å². The van der Waals surface area contributed by atoms with Crippen molar-refractivity contribution in [3.05, 3.63) is 109 Å². The Morgan fingerprint density at radius 2 is 1.63 bits per heavy atom. The van der Waals surface area contributed by atoms with Crippen molar-refractivity contribution in [1.29, 1.82) is 5.26 Å². The predicted molar refractivity (Wildman–Crippen MR) is 143 cm³/mol. The number of hydrogen-bond donors (Lipinski definition) is 2.